The predicted molar refractivity (Wildman–Crippen MR) is 83.7 cm³/mol. The van der Waals surface area contributed by atoms with Gasteiger partial charge in [-0.25, -0.2) is 4.98 Å². The minimum absolute atomic E-state index is 0.149. The number of fused-ring (bicyclic) bond motifs is 1. The van der Waals surface area contributed by atoms with Crippen molar-refractivity contribution < 1.29 is 4.74 Å². The number of hydrogen-bond acceptors (Lipinski definition) is 4. The van der Waals surface area contributed by atoms with Gasteiger partial charge in [-0.2, -0.15) is 0 Å². The molecule has 0 atom stereocenters. The highest BCUT2D eigenvalue weighted by atomic mass is 79.9. The van der Waals surface area contributed by atoms with Crippen molar-refractivity contribution >= 4 is 49.1 Å². The van der Waals surface area contributed by atoms with Crippen LogP contribution in [0.15, 0.2) is 38.9 Å². The normalized spacial score (nSPS) is 10.9. The topological polar surface area (TPSA) is 55.0 Å². The van der Waals surface area contributed by atoms with Crippen LogP contribution in [0.1, 0.15) is 5.82 Å². The minimum Gasteiger partial charge on any atom is -0.484 e. The average molecular weight is 372 g/mol. The van der Waals surface area contributed by atoms with Gasteiger partial charge in [0, 0.05) is 4.47 Å². The van der Waals surface area contributed by atoms with Crippen LogP contribution in [0.3, 0.4) is 0 Å². The molecule has 20 heavy (non-hydrogen) atoms. The molecule has 1 aromatic carbocycles. The Morgan fingerprint density at radius 3 is 3.10 bits per heavy atom. The zero-order valence-electron chi connectivity index (χ0n) is 10.0. The van der Waals surface area contributed by atoms with Crippen LogP contribution in [0.25, 0.3) is 10.2 Å². The van der Waals surface area contributed by atoms with Crippen molar-refractivity contribution in [1.82, 2.24) is 9.97 Å². The molecule has 102 valence electrons. The lowest BCUT2D eigenvalue weighted by atomic mass is 10.3. The molecule has 0 saturated carbocycles. The molecule has 0 radical (unpaired) electrons. The summed E-state index contributed by atoms with van der Waals surface area (Å²) in [6.07, 6.45) is 0. The van der Waals surface area contributed by atoms with E-state index in [1.807, 2.05) is 17.5 Å². The van der Waals surface area contributed by atoms with E-state index in [0.29, 0.717) is 26.8 Å². The number of aromatic nitrogens is 2. The van der Waals surface area contributed by atoms with E-state index in [0.717, 1.165) is 4.47 Å². The zero-order chi connectivity index (χ0) is 14.1. The Morgan fingerprint density at radius 1 is 1.40 bits per heavy atom. The predicted octanol–water partition coefficient (Wildman–Crippen LogP) is 3.98. The quantitative estimate of drug-likeness (QED) is 0.757. The van der Waals surface area contributed by atoms with Crippen molar-refractivity contribution in [3.63, 3.8) is 0 Å². The molecule has 4 nitrogen and oxygen atoms in total. The number of nitrogens with zero attached hydrogens (tertiary/aromatic N) is 1. The molecular formula is C13H8BrClN2O2S. The number of ether oxygens (including phenoxy) is 1. The molecule has 0 aliphatic heterocycles. The smallest absolute Gasteiger partial charge is 0.268 e. The van der Waals surface area contributed by atoms with Gasteiger partial charge in [-0.05, 0) is 29.6 Å². The van der Waals surface area contributed by atoms with E-state index in [1.54, 1.807) is 12.1 Å². The number of nitrogens with one attached hydrogen (secondary N) is 1. The third-order valence-corrected chi connectivity index (χ3v) is 4.33. The Labute approximate surface area is 131 Å². The Hall–Kier alpha value is -1.37. The summed E-state index contributed by atoms with van der Waals surface area (Å²) in [5.74, 6) is 1.01. The summed E-state index contributed by atoms with van der Waals surface area (Å²) in [6, 6.07) is 7.14. The van der Waals surface area contributed by atoms with Gasteiger partial charge in [-0.3, -0.25) is 4.79 Å². The minimum atomic E-state index is -0.149. The van der Waals surface area contributed by atoms with Crippen molar-refractivity contribution in [2.75, 3.05) is 0 Å². The molecule has 0 amide bonds. The van der Waals surface area contributed by atoms with Gasteiger partial charge in [0.05, 0.1) is 10.5 Å². The van der Waals surface area contributed by atoms with Crippen molar-refractivity contribution in [2.24, 2.45) is 0 Å². The molecule has 0 aliphatic carbocycles. The first-order valence-electron chi connectivity index (χ1n) is 5.68. The van der Waals surface area contributed by atoms with Gasteiger partial charge < -0.3 is 9.72 Å². The van der Waals surface area contributed by atoms with Crippen molar-refractivity contribution in [3.05, 3.63) is 55.3 Å². The second kappa shape index (κ2) is 5.55. The monoisotopic (exact) mass is 370 g/mol. The second-order valence-electron chi connectivity index (χ2n) is 4.01. The van der Waals surface area contributed by atoms with E-state index < -0.39 is 0 Å². The van der Waals surface area contributed by atoms with Gasteiger partial charge in [0.1, 0.15) is 22.9 Å². The van der Waals surface area contributed by atoms with E-state index in [2.05, 4.69) is 25.9 Å². The van der Waals surface area contributed by atoms with Gasteiger partial charge in [0.15, 0.2) is 0 Å². The molecule has 0 unspecified atom stereocenters. The molecule has 0 spiro atoms. The fraction of sp³-hybridized carbons (Fsp3) is 0.0769. The summed E-state index contributed by atoms with van der Waals surface area (Å²) in [7, 11) is 0. The van der Waals surface area contributed by atoms with E-state index in [9.17, 15) is 4.79 Å². The fourth-order valence-electron chi connectivity index (χ4n) is 1.72. The summed E-state index contributed by atoms with van der Waals surface area (Å²) >= 11 is 10.8. The maximum absolute atomic E-state index is 11.8. The fourth-order valence-corrected chi connectivity index (χ4v) is 2.96. The van der Waals surface area contributed by atoms with Crippen LogP contribution in [-0.4, -0.2) is 9.97 Å². The largest absolute Gasteiger partial charge is 0.484 e. The first kappa shape index (κ1) is 13.6. The van der Waals surface area contributed by atoms with Crippen molar-refractivity contribution in [3.8, 4) is 5.75 Å². The van der Waals surface area contributed by atoms with Crippen LogP contribution in [-0.2, 0) is 6.61 Å². The maximum Gasteiger partial charge on any atom is 0.268 e. The molecule has 2 heterocycles. The molecule has 0 bridgehead atoms. The number of rotatable bonds is 3. The lowest BCUT2D eigenvalue weighted by Gasteiger charge is -2.07. The van der Waals surface area contributed by atoms with E-state index in [4.69, 9.17) is 16.3 Å². The van der Waals surface area contributed by atoms with Crippen LogP contribution in [0.5, 0.6) is 5.75 Å². The lowest BCUT2D eigenvalue weighted by Crippen LogP contribution is -2.12. The number of benzene rings is 1. The summed E-state index contributed by atoms with van der Waals surface area (Å²) < 4.78 is 7.08. The van der Waals surface area contributed by atoms with Crippen LogP contribution in [0.4, 0.5) is 0 Å². The number of thiophene rings is 1. The summed E-state index contributed by atoms with van der Waals surface area (Å²) in [5, 5.41) is 2.34. The molecule has 0 aliphatic rings. The highest BCUT2D eigenvalue weighted by Crippen LogP contribution is 2.28. The second-order valence-corrected chi connectivity index (χ2v) is 6.25. The molecule has 7 heteroatoms. The first-order chi connectivity index (χ1) is 9.63. The third kappa shape index (κ3) is 2.72. The summed E-state index contributed by atoms with van der Waals surface area (Å²) in [6.45, 7) is 0.150. The van der Waals surface area contributed by atoms with Gasteiger partial charge in [0.25, 0.3) is 5.56 Å². The van der Waals surface area contributed by atoms with E-state index >= 15 is 0 Å². The Kier molecular flexibility index (Phi) is 3.78. The van der Waals surface area contributed by atoms with Crippen LogP contribution >= 0.6 is 38.9 Å². The highest BCUT2D eigenvalue weighted by Gasteiger charge is 2.07. The third-order valence-electron chi connectivity index (χ3n) is 2.62. The molecule has 1 N–H and O–H groups in total. The SMILES string of the molecule is O=c1[nH]c(COc2cc(Br)ccc2Cl)nc2ccsc12. The molecule has 2 aromatic heterocycles. The first-order valence-corrected chi connectivity index (χ1v) is 7.73. The van der Waals surface area contributed by atoms with Crippen LogP contribution in [0, 0.1) is 0 Å². The number of halogens is 2. The standard InChI is InChI=1S/C13H8BrClN2O2S/c14-7-1-2-8(15)10(5-7)19-6-11-16-9-3-4-20-12(9)13(18)17-11/h1-5H,6H2,(H,16,17,18). The maximum atomic E-state index is 11.8. The van der Waals surface area contributed by atoms with Crippen molar-refractivity contribution in [1.29, 1.82) is 0 Å². The molecule has 3 aromatic rings. The van der Waals surface area contributed by atoms with Crippen LogP contribution < -0.4 is 10.3 Å². The van der Waals surface area contributed by atoms with Gasteiger partial charge in [0.2, 0.25) is 0 Å². The van der Waals surface area contributed by atoms with E-state index in [-0.39, 0.29) is 12.2 Å². The average Bonchev–Trinajstić information content (AvgIpc) is 2.89. The number of hydrogen-bond donors (Lipinski definition) is 1. The lowest BCUT2D eigenvalue weighted by molar-refractivity contribution is 0.296. The summed E-state index contributed by atoms with van der Waals surface area (Å²) in [4.78, 5) is 18.9. The Balaban J connectivity index is 1.86. The van der Waals surface area contributed by atoms with Gasteiger partial charge in [-0.1, -0.05) is 27.5 Å². The van der Waals surface area contributed by atoms with Crippen LogP contribution in [0.2, 0.25) is 5.02 Å². The number of aromatic amines is 1. The number of H-pyrrole nitrogens is 1. The molecule has 0 fully saturated rings. The Morgan fingerprint density at radius 2 is 2.25 bits per heavy atom. The van der Waals surface area contributed by atoms with Gasteiger partial charge >= 0.3 is 0 Å². The molecular weight excluding hydrogens is 364 g/mol. The van der Waals surface area contributed by atoms with E-state index in [1.165, 1.54) is 11.3 Å². The Bertz CT molecular complexity index is 831. The zero-order valence-corrected chi connectivity index (χ0v) is 13.2. The highest BCUT2D eigenvalue weighted by molar-refractivity contribution is 9.10. The molecule has 3 rings (SSSR count). The summed E-state index contributed by atoms with van der Waals surface area (Å²) in [5.41, 5.74) is 0.529. The van der Waals surface area contributed by atoms with Gasteiger partial charge in [-0.15, -0.1) is 11.3 Å². The molecule has 0 saturated heterocycles. The van der Waals surface area contributed by atoms with Crippen molar-refractivity contribution in [2.45, 2.75) is 6.61 Å².